The number of carbonyl (C=O) groups excluding carboxylic acids is 2. The van der Waals surface area contributed by atoms with Gasteiger partial charge in [-0.3, -0.25) is 14.7 Å². The quantitative estimate of drug-likeness (QED) is 0.773. The van der Waals surface area contributed by atoms with E-state index >= 15 is 0 Å². The van der Waals surface area contributed by atoms with E-state index in [1.807, 2.05) is 24.3 Å². The van der Waals surface area contributed by atoms with Gasteiger partial charge in [0.1, 0.15) is 5.82 Å². The van der Waals surface area contributed by atoms with Crippen molar-refractivity contribution in [3.8, 4) is 0 Å². The number of hydrogen-bond donors (Lipinski definition) is 1. The van der Waals surface area contributed by atoms with Gasteiger partial charge in [0.25, 0.3) is 5.91 Å². The van der Waals surface area contributed by atoms with Crippen molar-refractivity contribution in [1.29, 1.82) is 0 Å². The fourth-order valence-electron chi connectivity index (χ4n) is 3.32. The van der Waals surface area contributed by atoms with Crippen LogP contribution >= 0.6 is 0 Å². The summed E-state index contributed by atoms with van der Waals surface area (Å²) < 4.78 is 13.0. The van der Waals surface area contributed by atoms with Gasteiger partial charge < -0.3 is 9.80 Å². The Hall–Kier alpha value is -3.22. The molecule has 1 aliphatic rings. The molecule has 0 radical (unpaired) electrons. The molecule has 1 N–H and O–H groups in total. The third kappa shape index (κ3) is 3.53. The number of hydrogen-bond acceptors (Lipinski definition) is 3. The van der Waals surface area contributed by atoms with Crippen molar-refractivity contribution in [2.75, 3.05) is 26.2 Å². The topological polar surface area (TPSA) is 69.3 Å². The third-order valence-corrected chi connectivity index (χ3v) is 4.86. The van der Waals surface area contributed by atoms with Gasteiger partial charge in [0.05, 0.1) is 11.9 Å². The number of carbonyl (C=O) groups is 2. The van der Waals surface area contributed by atoms with Crippen LogP contribution in [-0.4, -0.2) is 58.0 Å². The lowest BCUT2D eigenvalue weighted by Gasteiger charge is -2.34. The predicted octanol–water partition coefficient (Wildman–Crippen LogP) is 2.23. The van der Waals surface area contributed by atoms with Crippen molar-refractivity contribution in [1.82, 2.24) is 20.0 Å². The van der Waals surface area contributed by atoms with E-state index in [2.05, 4.69) is 10.2 Å². The zero-order chi connectivity index (χ0) is 18.8. The Morgan fingerprint density at radius 2 is 1.63 bits per heavy atom. The maximum Gasteiger partial charge on any atom is 0.275 e. The van der Waals surface area contributed by atoms with Crippen LogP contribution in [0.4, 0.5) is 4.39 Å². The second-order valence-electron chi connectivity index (χ2n) is 6.59. The van der Waals surface area contributed by atoms with Crippen molar-refractivity contribution in [2.45, 2.75) is 6.42 Å². The molecule has 1 aromatic heterocycles. The molecule has 0 atom stereocenters. The zero-order valence-corrected chi connectivity index (χ0v) is 14.7. The molecule has 0 aliphatic carbocycles. The van der Waals surface area contributed by atoms with Gasteiger partial charge in [-0.15, -0.1) is 0 Å². The Kier molecular flexibility index (Phi) is 4.58. The fraction of sp³-hybridized carbons (Fsp3) is 0.250. The van der Waals surface area contributed by atoms with Gasteiger partial charge in [0, 0.05) is 31.6 Å². The first-order valence-electron chi connectivity index (χ1n) is 8.86. The van der Waals surface area contributed by atoms with Crippen molar-refractivity contribution in [2.24, 2.45) is 0 Å². The van der Waals surface area contributed by atoms with Crippen LogP contribution in [0.25, 0.3) is 10.9 Å². The van der Waals surface area contributed by atoms with Crippen LogP contribution in [0.2, 0.25) is 0 Å². The lowest BCUT2D eigenvalue weighted by molar-refractivity contribution is -0.131. The second kappa shape index (κ2) is 7.19. The van der Waals surface area contributed by atoms with E-state index in [1.165, 1.54) is 12.1 Å². The standard InChI is InChI=1S/C20H19FN4O2/c21-15-7-5-14(6-8-15)13-18(26)24-9-11-25(12-10-24)20(27)19-16-3-1-2-4-17(16)22-23-19/h1-8H,9-13H2,(H,22,23). The van der Waals surface area contributed by atoms with Gasteiger partial charge in [-0.1, -0.05) is 30.3 Å². The first kappa shape index (κ1) is 17.2. The van der Waals surface area contributed by atoms with Crippen LogP contribution in [0.15, 0.2) is 48.5 Å². The summed E-state index contributed by atoms with van der Waals surface area (Å²) >= 11 is 0. The maximum atomic E-state index is 13.0. The van der Waals surface area contributed by atoms with Crippen molar-refractivity contribution in [3.05, 3.63) is 65.6 Å². The van der Waals surface area contributed by atoms with E-state index in [1.54, 1.807) is 21.9 Å². The number of benzene rings is 2. The van der Waals surface area contributed by atoms with Gasteiger partial charge in [0.2, 0.25) is 5.91 Å². The normalized spacial score (nSPS) is 14.6. The molecule has 27 heavy (non-hydrogen) atoms. The van der Waals surface area contributed by atoms with Gasteiger partial charge >= 0.3 is 0 Å². The Morgan fingerprint density at radius 1 is 0.963 bits per heavy atom. The Morgan fingerprint density at radius 3 is 2.37 bits per heavy atom. The molecule has 0 unspecified atom stereocenters. The molecular formula is C20H19FN4O2. The van der Waals surface area contributed by atoms with E-state index in [4.69, 9.17) is 0 Å². The van der Waals surface area contributed by atoms with Crippen LogP contribution in [0.3, 0.4) is 0 Å². The minimum Gasteiger partial charge on any atom is -0.339 e. The van der Waals surface area contributed by atoms with E-state index in [-0.39, 0.29) is 24.1 Å². The minimum atomic E-state index is -0.316. The number of para-hydroxylation sites is 1. The number of nitrogens with one attached hydrogen (secondary N) is 1. The summed E-state index contributed by atoms with van der Waals surface area (Å²) in [5.74, 6) is -0.457. The number of aromatic nitrogens is 2. The molecule has 6 nitrogen and oxygen atoms in total. The maximum absolute atomic E-state index is 13.0. The Balaban J connectivity index is 1.37. The highest BCUT2D eigenvalue weighted by molar-refractivity contribution is 6.04. The highest BCUT2D eigenvalue weighted by atomic mass is 19.1. The number of rotatable bonds is 3. The molecule has 2 heterocycles. The summed E-state index contributed by atoms with van der Waals surface area (Å²) in [6.07, 6.45) is 0.234. The van der Waals surface area contributed by atoms with Gasteiger partial charge in [-0.2, -0.15) is 5.10 Å². The van der Waals surface area contributed by atoms with Gasteiger partial charge in [-0.25, -0.2) is 4.39 Å². The molecule has 1 saturated heterocycles. The molecule has 1 fully saturated rings. The van der Waals surface area contributed by atoms with Crippen LogP contribution in [0.5, 0.6) is 0 Å². The molecule has 0 saturated carbocycles. The van der Waals surface area contributed by atoms with Gasteiger partial charge in [0.15, 0.2) is 5.69 Å². The average molecular weight is 366 g/mol. The molecule has 138 valence electrons. The average Bonchev–Trinajstić information content (AvgIpc) is 3.13. The lowest BCUT2D eigenvalue weighted by atomic mass is 10.1. The third-order valence-electron chi connectivity index (χ3n) is 4.86. The monoisotopic (exact) mass is 366 g/mol. The van der Waals surface area contributed by atoms with Crippen LogP contribution in [0.1, 0.15) is 16.1 Å². The van der Waals surface area contributed by atoms with E-state index < -0.39 is 0 Å². The molecule has 2 amide bonds. The molecular weight excluding hydrogens is 347 g/mol. The number of fused-ring (bicyclic) bond motifs is 1. The largest absolute Gasteiger partial charge is 0.339 e. The number of nitrogens with zero attached hydrogens (tertiary/aromatic N) is 3. The highest BCUT2D eigenvalue weighted by Gasteiger charge is 2.27. The molecule has 7 heteroatoms. The predicted molar refractivity (Wildman–Crippen MR) is 98.7 cm³/mol. The fourth-order valence-corrected chi connectivity index (χ4v) is 3.32. The zero-order valence-electron chi connectivity index (χ0n) is 14.7. The summed E-state index contributed by atoms with van der Waals surface area (Å²) in [7, 11) is 0. The SMILES string of the molecule is O=C(Cc1ccc(F)cc1)N1CCN(C(=O)c2n[nH]c3ccccc23)CC1. The lowest BCUT2D eigenvalue weighted by Crippen LogP contribution is -2.51. The van der Waals surface area contributed by atoms with Crippen LogP contribution in [0, 0.1) is 5.82 Å². The minimum absolute atomic E-state index is 0.0149. The van der Waals surface area contributed by atoms with E-state index in [9.17, 15) is 14.0 Å². The Bertz CT molecular complexity index is 975. The summed E-state index contributed by atoms with van der Waals surface area (Å²) in [6, 6.07) is 13.5. The summed E-state index contributed by atoms with van der Waals surface area (Å²) in [5, 5.41) is 7.84. The molecule has 3 aromatic rings. The Labute approximate surface area is 155 Å². The van der Waals surface area contributed by atoms with E-state index in [0.29, 0.717) is 31.9 Å². The van der Waals surface area contributed by atoms with Crippen molar-refractivity contribution in [3.63, 3.8) is 0 Å². The van der Waals surface area contributed by atoms with E-state index in [0.717, 1.165) is 16.5 Å². The van der Waals surface area contributed by atoms with Crippen LogP contribution < -0.4 is 0 Å². The number of halogens is 1. The number of piperazine rings is 1. The van der Waals surface area contributed by atoms with Gasteiger partial charge in [-0.05, 0) is 23.8 Å². The molecule has 4 rings (SSSR count). The highest BCUT2D eigenvalue weighted by Crippen LogP contribution is 2.18. The molecule has 1 aliphatic heterocycles. The van der Waals surface area contributed by atoms with Crippen LogP contribution in [-0.2, 0) is 11.2 Å². The summed E-state index contributed by atoms with van der Waals surface area (Å²) in [4.78, 5) is 28.7. The second-order valence-corrected chi connectivity index (χ2v) is 6.59. The first-order chi connectivity index (χ1) is 13.1. The van der Waals surface area contributed by atoms with Crippen molar-refractivity contribution < 1.29 is 14.0 Å². The summed E-state index contributed by atoms with van der Waals surface area (Å²) in [5.41, 5.74) is 2.02. The number of amides is 2. The summed E-state index contributed by atoms with van der Waals surface area (Å²) in [6.45, 7) is 1.90. The first-order valence-corrected chi connectivity index (χ1v) is 8.86. The molecule has 0 bridgehead atoms. The smallest absolute Gasteiger partial charge is 0.275 e. The number of H-pyrrole nitrogens is 1. The molecule has 0 spiro atoms. The molecule has 2 aromatic carbocycles. The number of aromatic amines is 1. The van der Waals surface area contributed by atoms with Crippen molar-refractivity contribution >= 4 is 22.7 Å².